The van der Waals surface area contributed by atoms with Gasteiger partial charge in [-0.25, -0.2) is 0 Å². The molecule has 120 valence electrons. The molecule has 0 saturated carbocycles. The fraction of sp³-hybridized carbons (Fsp3) is 0.263. The normalized spacial score (nSPS) is 11.6. The van der Waals surface area contributed by atoms with Gasteiger partial charge in [0.1, 0.15) is 0 Å². The standard InChI is InChI=1S/C19H22N2O2/c1-13-8-10-16(11-9-13)15(3)21-18(22)12-20-19(23)17-7-5-4-6-14(17)2/h4-11,15H,12H2,1-3H3,(H,20,23)(H,21,22). The summed E-state index contributed by atoms with van der Waals surface area (Å²) in [5, 5.41) is 5.54. The van der Waals surface area contributed by atoms with E-state index in [1.165, 1.54) is 5.56 Å². The maximum Gasteiger partial charge on any atom is 0.251 e. The van der Waals surface area contributed by atoms with Crippen molar-refractivity contribution in [3.8, 4) is 0 Å². The molecular formula is C19H22N2O2. The van der Waals surface area contributed by atoms with Crippen LogP contribution in [0.25, 0.3) is 0 Å². The number of rotatable bonds is 5. The Bertz CT molecular complexity index is 693. The average Bonchev–Trinajstić information content (AvgIpc) is 2.53. The van der Waals surface area contributed by atoms with Gasteiger partial charge in [-0.1, -0.05) is 48.0 Å². The van der Waals surface area contributed by atoms with Gasteiger partial charge in [0.15, 0.2) is 0 Å². The number of hydrogen-bond acceptors (Lipinski definition) is 2. The van der Waals surface area contributed by atoms with Gasteiger partial charge in [0.05, 0.1) is 12.6 Å². The third-order valence-electron chi connectivity index (χ3n) is 3.75. The Kier molecular flexibility index (Phi) is 5.52. The zero-order valence-corrected chi connectivity index (χ0v) is 13.7. The lowest BCUT2D eigenvalue weighted by Crippen LogP contribution is -2.38. The summed E-state index contributed by atoms with van der Waals surface area (Å²) < 4.78 is 0. The average molecular weight is 310 g/mol. The Hall–Kier alpha value is -2.62. The molecule has 0 fully saturated rings. The Morgan fingerprint density at radius 3 is 2.30 bits per heavy atom. The van der Waals surface area contributed by atoms with E-state index in [1.807, 2.05) is 57.2 Å². The number of aryl methyl sites for hydroxylation is 2. The molecule has 1 unspecified atom stereocenters. The fourth-order valence-corrected chi connectivity index (χ4v) is 2.31. The van der Waals surface area contributed by atoms with Crippen molar-refractivity contribution >= 4 is 11.8 Å². The van der Waals surface area contributed by atoms with Gasteiger partial charge in [-0.05, 0) is 38.0 Å². The molecular weight excluding hydrogens is 288 g/mol. The van der Waals surface area contributed by atoms with Crippen LogP contribution in [0.1, 0.15) is 40.0 Å². The van der Waals surface area contributed by atoms with Crippen LogP contribution in [-0.2, 0) is 4.79 Å². The smallest absolute Gasteiger partial charge is 0.251 e. The summed E-state index contributed by atoms with van der Waals surface area (Å²) in [4.78, 5) is 24.1. The number of benzene rings is 2. The second kappa shape index (κ2) is 7.58. The van der Waals surface area contributed by atoms with Gasteiger partial charge in [0, 0.05) is 5.56 Å². The predicted molar refractivity (Wildman–Crippen MR) is 91.2 cm³/mol. The summed E-state index contributed by atoms with van der Waals surface area (Å²) >= 11 is 0. The Balaban J connectivity index is 1.86. The summed E-state index contributed by atoms with van der Waals surface area (Å²) in [7, 11) is 0. The summed E-state index contributed by atoms with van der Waals surface area (Å²) in [6, 6.07) is 15.2. The molecule has 0 saturated heterocycles. The molecule has 0 aliphatic heterocycles. The van der Waals surface area contributed by atoms with Gasteiger partial charge in [0.2, 0.25) is 5.91 Å². The van der Waals surface area contributed by atoms with Crippen molar-refractivity contribution in [2.45, 2.75) is 26.8 Å². The topological polar surface area (TPSA) is 58.2 Å². The van der Waals surface area contributed by atoms with Crippen LogP contribution < -0.4 is 10.6 Å². The second-order valence-electron chi connectivity index (χ2n) is 5.70. The first-order chi connectivity index (χ1) is 11.0. The van der Waals surface area contributed by atoms with E-state index < -0.39 is 0 Å². The molecule has 2 N–H and O–H groups in total. The first-order valence-electron chi connectivity index (χ1n) is 7.67. The molecule has 2 rings (SSSR count). The Morgan fingerprint density at radius 2 is 1.65 bits per heavy atom. The van der Waals surface area contributed by atoms with E-state index in [0.717, 1.165) is 11.1 Å². The van der Waals surface area contributed by atoms with Crippen LogP contribution in [0.5, 0.6) is 0 Å². The number of hydrogen-bond donors (Lipinski definition) is 2. The SMILES string of the molecule is Cc1ccc(C(C)NC(=O)CNC(=O)c2ccccc2C)cc1. The quantitative estimate of drug-likeness (QED) is 0.892. The van der Waals surface area contributed by atoms with E-state index in [4.69, 9.17) is 0 Å². The molecule has 2 aromatic carbocycles. The highest BCUT2D eigenvalue weighted by molar-refractivity contribution is 5.97. The largest absolute Gasteiger partial charge is 0.348 e. The third kappa shape index (κ3) is 4.68. The molecule has 0 radical (unpaired) electrons. The van der Waals surface area contributed by atoms with Crippen molar-refractivity contribution < 1.29 is 9.59 Å². The molecule has 0 heterocycles. The van der Waals surface area contributed by atoms with Crippen LogP contribution in [0.3, 0.4) is 0 Å². The van der Waals surface area contributed by atoms with Crippen LogP contribution in [0.2, 0.25) is 0 Å². The number of nitrogens with one attached hydrogen (secondary N) is 2. The molecule has 0 aliphatic carbocycles. The van der Waals surface area contributed by atoms with E-state index in [9.17, 15) is 9.59 Å². The zero-order valence-electron chi connectivity index (χ0n) is 13.7. The van der Waals surface area contributed by atoms with Gasteiger partial charge < -0.3 is 10.6 Å². The van der Waals surface area contributed by atoms with Crippen LogP contribution >= 0.6 is 0 Å². The molecule has 23 heavy (non-hydrogen) atoms. The summed E-state index contributed by atoms with van der Waals surface area (Å²) in [5.74, 6) is -0.443. The van der Waals surface area contributed by atoms with Gasteiger partial charge >= 0.3 is 0 Å². The molecule has 2 aromatic rings. The van der Waals surface area contributed by atoms with E-state index in [2.05, 4.69) is 10.6 Å². The van der Waals surface area contributed by atoms with E-state index >= 15 is 0 Å². The minimum absolute atomic E-state index is 0.0383. The van der Waals surface area contributed by atoms with Gasteiger partial charge in [-0.3, -0.25) is 9.59 Å². The van der Waals surface area contributed by atoms with E-state index in [0.29, 0.717) is 5.56 Å². The van der Waals surface area contributed by atoms with Gasteiger partial charge in [-0.2, -0.15) is 0 Å². The van der Waals surface area contributed by atoms with Crippen molar-refractivity contribution in [3.63, 3.8) is 0 Å². The first kappa shape index (κ1) is 16.7. The molecule has 0 bridgehead atoms. The third-order valence-corrected chi connectivity index (χ3v) is 3.75. The molecule has 1 atom stereocenters. The number of carbonyl (C=O) groups excluding carboxylic acids is 2. The summed E-state index contributed by atoms with van der Waals surface area (Å²) in [5.41, 5.74) is 3.69. The van der Waals surface area contributed by atoms with Gasteiger partial charge in [0.25, 0.3) is 5.91 Å². The highest BCUT2D eigenvalue weighted by Gasteiger charge is 2.12. The lowest BCUT2D eigenvalue weighted by atomic mass is 10.1. The highest BCUT2D eigenvalue weighted by atomic mass is 16.2. The monoisotopic (exact) mass is 310 g/mol. The zero-order chi connectivity index (χ0) is 16.8. The summed E-state index contributed by atoms with van der Waals surface area (Å²) in [6.45, 7) is 5.78. The maximum atomic E-state index is 12.1. The van der Waals surface area contributed by atoms with E-state index in [-0.39, 0.29) is 24.4 Å². The highest BCUT2D eigenvalue weighted by Crippen LogP contribution is 2.12. The Morgan fingerprint density at radius 1 is 1.00 bits per heavy atom. The molecule has 4 heteroatoms. The minimum atomic E-state index is -0.235. The van der Waals surface area contributed by atoms with Crippen molar-refractivity contribution in [1.29, 1.82) is 0 Å². The molecule has 0 aliphatic rings. The summed E-state index contributed by atoms with van der Waals surface area (Å²) in [6.07, 6.45) is 0. The molecule has 2 amide bonds. The lowest BCUT2D eigenvalue weighted by molar-refractivity contribution is -0.120. The lowest BCUT2D eigenvalue weighted by Gasteiger charge is -2.15. The fourth-order valence-electron chi connectivity index (χ4n) is 2.31. The van der Waals surface area contributed by atoms with Crippen LogP contribution in [0.4, 0.5) is 0 Å². The van der Waals surface area contributed by atoms with Crippen molar-refractivity contribution in [1.82, 2.24) is 10.6 Å². The molecule has 4 nitrogen and oxygen atoms in total. The van der Waals surface area contributed by atoms with Crippen LogP contribution in [0, 0.1) is 13.8 Å². The van der Waals surface area contributed by atoms with Gasteiger partial charge in [-0.15, -0.1) is 0 Å². The number of amides is 2. The molecule has 0 spiro atoms. The molecule has 0 aromatic heterocycles. The first-order valence-corrected chi connectivity index (χ1v) is 7.67. The van der Waals surface area contributed by atoms with Crippen LogP contribution in [0.15, 0.2) is 48.5 Å². The minimum Gasteiger partial charge on any atom is -0.348 e. The number of carbonyl (C=O) groups is 2. The second-order valence-corrected chi connectivity index (χ2v) is 5.70. The van der Waals surface area contributed by atoms with Crippen molar-refractivity contribution in [2.24, 2.45) is 0 Å². The Labute approximate surface area is 136 Å². The van der Waals surface area contributed by atoms with Crippen molar-refractivity contribution in [3.05, 3.63) is 70.8 Å². The maximum absolute atomic E-state index is 12.1. The predicted octanol–water partition coefficient (Wildman–Crippen LogP) is 2.91. The van der Waals surface area contributed by atoms with Crippen LogP contribution in [-0.4, -0.2) is 18.4 Å². The van der Waals surface area contributed by atoms with E-state index in [1.54, 1.807) is 12.1 Å². The van der Waals surface area contributed by atoms with Crippen molar-refractivity contribution in [2.75, 3.05) is 6.54 Å².